The van der Waals surface area contributed by atoms with Crippen LogP contribution in [0.2, 0.25) is 0 Å². The number of hydrogen-bond acceptors (Lipinski definition) is 10. The fourth-order valence-electron chi connectivity index (χ4n) is 3.47. The minimum Gasteiger partial charge on any atom is -0.463 e. The SMILES string of the molecule is CCCCCCCC(=O)N[C@@H]1[C@H](OC(C)=O)O[C@H](COC(C)=O)[C@H](OC(C)=O)[C@@H]1OC(C)=O. The second-order valence-electron chi connectivity index (χ2n) is 7.86. The lowest BCUT2D eigenvalue weighted by molar-refractivity contribution is -0.271. The molecule has 0 radical (unpaired) electrons. The molecule has 11 heteroatoms. The van der Waals surface area contributed by atoms with Gasteiger partial charge in [-0.2, -0.15) is 0 Å². The van der Waals surface area contributed by atoms with Gasteiger partial charge in [0.1, 0.15) is 18.8 Å². The van der Waals surface area contributed by atoms with Crippen molar-refractivity contribution in [2.24, 2.45) is 0 Å². The highest BCUT2D eigenvalue weighted by atomic mass is 16.7. The van der Waals surface area contributed by atoms with Crippen LogP contribution in [0.3, 0.4) is 0 Å². The number of carbonyl (C=O) groups excluding carboxylic acids is 5. The molecule has 5 atom stereocenters. The van der Waals surface area contributed by atoms with E-state index in [0.29, 0.717) is 6.42 Å². The van der Waals surface area contributed by atoms with E-state index in [1.807, 2.05) is 0 Å². The van der Waals surface area contributed by atoms with Gasteiger partial charge in [0, 0.05) is 34.1 Å². The van der Waals surface area contributed by atoms with E-state index < -0.39 is 54.5 Å². The minimum atomic E-state index is -1.37. The number of unbranched alkanes of at least 4 members (excludes halogenated alkanes) is 4. The van der Waals surface area contributed by atoms with Crippen LogP contribution in [0, 0.1) is 0 Å². The summed E-state index contributed by atoms with van der Waals surface area (Å²) < 4.78 is 26.6. The van der Waals surface area contributed by atoms with Crippen LogP contribution in [0.15, 0.2) is 0 Å². The van der Waals surface area contributed by atoms with Gasteiger partial charge in [0.2, 0.25) is 12.2 Å². The quantitative estimate of drug-likeness (QED) is 0.252. The van der Waals surface area contributed by atoms with Gasteiger partial charge in [-0.15, -0.1) is 0 Å². The molecule has 0 aliphatic carbocycles. The molecule has 0 aromatic heterocycles. The van der Waals surface area contributed by atoms with Crippen molar-refractivity contribution >= 4 is 29.8 Å². The van der Waals surface area contributed by atoms with Gasteiger partial charge in [-0.3, -0.25) is 24.0 Å². The molecule has 0 saturated carbocycles. The largest absolute Gasteiger partial charge is 0.463 e. The van der Waals surface area contributed by atoms with Crippen molar-refractivity contribution in [3.05, 3.63) is 0 Å². The molecule has 1 rings (SSSR count). The highest BCUT2D eigenvalue weighted by Crippen LogP contribution is 2.28. The lowest BCUT2D eigenvalue weighted by Gasteiger charge is -2.44. The Morgan fingerprint density at radius 2 is 1.33 bits per heavy atom. The molecule has 1 fully saturated rings. The molecule has 188 valence electrons. The Balaban J connectivity index is 3.14. The van der Waals surface area contributed by atoms with Crippen molar-refractivity contribution in [2.45, 2.75) is 104 Å². The average molecular weight is 474 g/mol. The Kier molecular flexibility index (Phi) is 12.4. The molecule has 0 bridgehead atoms. The maximum absolute atomic E-state index is 12.6. The smallest absolute Gasteiger partial charge is 0.305 e. The number of rotatable bonds is 12. The average Bonchev–Trinajstić information content (AvgIpc) is 2.69. The summed E-state index contributed by atoms with van der Waals surface area (Å²) in [6.07, 6.45) is -0.0783. The first-order valence-electron chi connectivity index (χ1n) is 11.1. The van der Waals surface area contributed by atoms with E-state index in [1.165, 1.54) is 6.92 Å². The summed E-state index contributed by atoms with van der Waals surface area (Å²) in [4.78, 5) is 59.2. The van der Waals surface area contributed by atoms with Crippen LogP contribution < -0.4 is 5.32 Å². The normalized spacial score (nSPS) is 24.3. The number of nitrogens with one attached hydrogen (secondary N) is 1. The van der Waals surface area contributed by atoms with Gasteiger partial charge < -0.3 is 29.0 Å². The fraction of sp³-hybridized carbons (Fsp3) is 0.773. The second kappa shape index (κ2) is 14.5. The first-order chi connectivity index (χ1) is 15.5. The third-order valence-corrected chi connectivity index (χ3v) is 4.82. The third-order valence-electron chi connectivity index (χ3n) is 4.82. The van der Waals surface area contributed by atoms with E-state index in [2.05, 4.69) is 12.2 Å². The molecular formula is C22H35NO10. The lowest BCUT2D eigenvalue weighted by atomic mass is 9.95. The van der Waals surface area contributed by atoms with Gasteiger partial charge in [0.05, 0.1) is 0 Å². The van der Waals surface area contributed by atoms with Gasteiger partial charge >= 0.3 is 23.9 Å². The predicted molar refractivity (Wildman–Crippen MR) is 113 cm³/mol. The van der Waals surface area contributed by atoms with Crippen molar-refractivity contribution in [1.82, 2.24) is 5.32 Å². The molecule has 1 heterocycles. The van der Waals surface area contributed by atoms with Gasteiger partial charge in [0.25, 0.3) is 0 Å². The molecule has 0 spiro atoms. The second-order valence-corrected chi connectivity index (χ2v) is 7.86. The van der Waals surface area contributed by atoms with Crippen molar-refractivity contribution in [1.29, 1.82) is 0 Å². The summed E-state index contributed by atoms with van der Waals surface area (Å²) in [6, 6.07) is -1.15. The zero-order chi connectivity index (χ0) is 25.0. The highest BCUT2D eigenvalue weighted by Gasteiger charge is 2.52. The maximum atomic E-state index is 12.6. The number of hydrogen-bond donors (Lipinski definition) is 1. The first kappa shape index (κ1) is 28.3. The van der Waals surface area contributed by atoms with Crippen molar-refractivity contribution in [3.63, 3.8) is 0 Å². The van der Waals surface area contributed by atoms with E-state index in [0.717, 1.165) is 46.5 Å². The molecule has 1 aliphatic rings. The van der Waals surface area contributed by atoms with Crippen molar-refractivity contribution < 1.29 is 47.7 Å². The van der Waals surface area contributed by atoms with E-state index in [9.17, 15) is 24.0 Å². The van der Waals surface area contributed by atoms with Crippen LogP contribution in [-0.2, 0) is 47.7 Å². The van der Waals surface area contributed by atoms with Gasteiger partial charge in [-0.25, -0.2) is 0 Å². The minimum absolute atomic E-state index is 0.203. The summed E-state index contributed by atoms with van der Waals surface area (Å²) in [6.45, 7) is 6.36. The third kappa shape index (κ3) is 10.6. The number of ether oxygens (including phenoxy) is 5. The van der Waals surface area contributed by atoms with E-state index in [1.54, 1.807) is 0 Å². The van der Waals surface area contributed by atoms with Crippen LogP contribution in [0.25, 0.3) is 0 Å². The Morgan fingerprint density at radius 3 is 1.88 bits per heavy atom. The fourth-order valence-corrected chi connectivity index (χ4v) is 3.47. The molecule has 1 saturated heterocycles. The predicted octanol–water partition coefficient (Wildman–Crippen LogP) is 1.55. The molecule has 33 heavy (non-hydrogen) atoms. The van der Waals surface area contributed by atoms with Gasteiger partial charge in [0.15, 0.2) is 12.2 Å². The van der Waals surface area contributed by atoms with E-state index in [4.69, 9.17) is 23.7 Å². The van der Waals surface area contributed by atoms with Crippen LogP contribution in [0.5, 0.6) is 0 Å². The molecule has 0 aromatic carbocycles. The van der Waals surface area contributed by atoms with Crippen LogP contribution in [-0.4, -0.2) is 67.0 Å². The Labute approximate surface area is 193 Å². The monoisotopic (exact) mass is 473 g/mol. The number of amides is 1. The number of carbonyl (C=O) groups is 5. The zero-order valence-corrected chi connectivity index (χ0v) is 19.9. The molecule has 0 aromatic rings. The Morgan fingerprint density at radius 1 is 0.758 bits per heavy atom. The molecular weight excluding hydrogens is 438 g/mol. The Hall–Kier alpha value is -2.69. The summed E-state index contributed by atoms with van der Waals surface area (Å²) in [5, 5.41) is 2.69. The topological polar surface area (TPSA) is 144 Å². The van der Waals surface area contributed by atoms with Gasteiger partial charge in [-0.1, -0.05) is 32.6 Å². The zero-order valence-electron chi connectivity index (χ0n) is 19.9. The van der Waals surface area contributed by atoms with E-state index in [-0.39, 0.29) is 18.9 Å². The van der Waals surface area contributed by atoms with Crippen LogP contribution >= 0.6 is 0 Å². The first-order valence-corrected chi connectivity index (χ1v) is 11.1. The van der Waals surface area contributed by atoms with Crippen LogP contribution in [0.1, 0.15) is 73.1 Å². The molecule has 11 nitrogen and oxygen atoms in total. The summed E-state index contributed by atoms with van der Waals surface area (Å²) in [5.74, 6) is -3.12. The molecule has 1 N–H and O–H groups in total. The maximum Gasteiger partial charge on any atom is 0.305 e. The molecule has 1 aliphatic heterocycles. The summed E-state index contributed by atoms with van der Waals surface area (Å²) >= 11 is 0. The standard InChI is InChI=1S/C22H35NO10/c1-6-7-8-9-10-11-18(28)23-19-21(31-15(4)26)20(30-14(3)25)17(12-29-13(2)24)33-22(19)32-16(5)27/h17,19-22H,6-12H2,1-5H3,(H,23,28)/t17-,19+,20+,21-,22-/m1/s1. The summed E-state index contributed by atoms with van der Waals surface area (Å²) in [5.41, 5.74) is 0. The van der Waals surface area contributed by atoms with Gasteiger partial charge in [-0.05, 0) is 6.42 Å². The summed E-state index contributed by atoms with van der Waals surface area (Å²) in [7, 11) is 0. The molecule has 0 unspecified atom stereocenters. The number of esters is 4. The van der Waals surface area contributed by atoms with Crippen molar-refractivity contribution in [3.8, 4) is 0 Å². The lowest BCUT2D eigenvalue weighted by Crippen LogP contribution is -2.67. The highest BCUT2D eigenvalue weighted by molar-refractivity contribution is 5.76. The Bertz CT molecular complexity index is 695. The van der Waals surface area contributed by atoms with E-state index >= 15 is 0 Å². The van der Waals surface area contributed by atoms with Crippen molar-refractivity contribution in [2.75, 3.05) is 6.61 Å². The van der Waals surface area contributed by atoms with Crippen LogP contribution in [0.4, 0.5) is 0 Å². The molecule has 1 amide bonds.